The van der Waals surface area contributed by atoms with Gasteiger partial charge in [-0.05, 0) is 84.9 Å². The molecule has 0 bridgehead atoms. The second-order valence-electron chi connectivity index (χ2n) is 12.5. The van der Waals surface area contributed by atoms with E-state index >= 15 is 0 Å². The molecule has 1 aliphatic carbocycles. The fourth-order valence-electron chi connectivity index (χ4n) is 6.03. The molecule has 2 N–H and O–H groups in total. The van der Waals surface area contributed by atoms with Gasteiger partial charge in [-0.25, -0.2) is 0 Å². The maximum absolute atomic E-state index is 13.8. The number of aryl methyl sites for hydroxylation is 2. The monoisotopic (exact) mass is 617 g/mol. The minimum Gasteiger partial charge on any atom is -0.508 e. The number of ether oxygens (including phenoxy) is 1. The maximum atomic E-state index is 13.8. The molecule has 1 saturated heterocycles. The molecule has 4 rings (SSSR count). The number of hydrogen-bond donors (Lipinski definition) is 2. The van der Waals surface area contributed by atoms with E-state index in [0.717, 1.165) is 48.1 Å². The normalized spacial score (nSPS) is 22.2. The number of phenols is 1. The molecule has 2 unspecified atom stereocenters. The van der Waals surface area contributed by atoms with Crippen molar-refractivity contribution in [3.8, 4) is 11.5 Å². The summed E-state index contributed by atoms with van der Waals surface area (Å²) in [5, 5.41) is 8.66. The minimum atomic E-state index is -3.98. The highest BCUT2D eigenvalue weighted by Gasteiger charge is 2.51. The number of benzene rings is 2. The summed E-state index contributed by atoms with van der Waals surface area (Å²) in [6.07, 6.45) is 6.48. The van der Waals surface area contributed by atoms with Crippen LogP contribution in [0.4, 0.5) is 0 Å². The Morgan fingerprint density at radius 2 is 1.76 bits per heavy atom. The molecule has 1 saturated carbocycles. The lowest BCUT2D eigenvalue weighted by Crippen LogP contribution is -2.53. The van der Waals surface area contributed by atoms with Crippen LogP contribution in [0.25, 0.3) is 0 Å². The molecule has 2 aliphatic rings. The van der Waals surface area contributed by atoms with Crippen molar-refractivity contribution in [2.75, 3.05) is 6.54 Å². The number of aromatic hydroxyl groups is 1. The quantitative estimate of drug-likeness (QED) is 0.240. The van der Waals surface area contributed by atoms with E-state index < -0.39 is 32.5 Å². The van der Waals surface area contributed by atoms with Gasteiger partial charge in [0.25, 0.3) is 0 Å². The number of carbonyl (C=O) groups excluding carboxylic acids is 2. The number of rotatable bonds is 10. The van der Waals surface area contributed by atoms with Gasteiger partial charge in [-0.2, -0.15) is 13.1 Å². The molecule has 1 aliphatic heterocycles. The van der Waals surface area contributed by atoms with Gasteiger partial charge in [-0.1, -0.05) is 59.1 Å². The van der Waals surface area contributed by atoms with Crippen LogP contribution in [0.3, 0.4) is 0 Å². The number of hydrogen-bond acceptors (Lipinski definition) is 8. The predicted molar refractivity (Wildman–Crippen MR) is 164 cm³/mol. The molecule has 230 valence electrons. The highest BCUT2D eigenvalue weighted by Crippen LogP contribution is 2.46. The van der Waals surface area contributed by atoms with Gasteiger partial charge in [0.15, 0.2) is 11.0 Å². The average molecular weight is 618 g/mol. The fraction of sp³-hybridized carbons (Fsp3) is 0.562. The molecule has 42 heavy (non-hydrogen) atoms. The number of ketones is 1. The largest absolute Gasteiger partial charge is 0.508 e. The van der Waals surface area contributed by atoms with E-state index in [1.807, 2.05) is 32.9 Å². The minimum absolute atomic E-state index is 0.129. The topological polar surface area (TPSA) is 119 Å². The van der Waals surface area contributed by atoms with Crippen LogP contribution < -0.4 is 8.91 Å². The highest BCUT2D eigenvalue weighted by molar-refractivity contribution is 8.01. The van der Waals surface area contributed by atoms with Crippen molar-refractivity contribution in [2.24, 2.45) is 5.92 Å². The number of cyclic esters (lactones) is 1. The molecule has 2 fully saturated rings. The zero-order valence-corrected chi connectivity index (χ0v) is 26.8. The lowest BCUT2D eigenvalue weighted by molar-refractivity contribution is -0.179. The third kappa shape index (κ3) is 7.68. The van der Waals surface area contributed by atoms with Gasteiger partial charge < -0.3 is 14.0 Å². The van der Waals surface area contributed by atoms with Crippen molar-refractivity contribution in [3.63, 3.8) is 0 Å². The highest BCUT2D eigenvalue weighted by atomic mass is 32.2. The van der Waals surface area contributed by atoms with Crippen molar-refractivity contribution in [3.05, 3.63) is 53.1 Å². The molecule has 2 aromatic rings. The number of Topliss-reactive ketones (excluding diaryl/α,β-unsaturated/α-hetero) is 1. The van der Waals surface area contributed by atoms with Gasteiger partial charge >= 0.3 is 16.3 Å². The van der Waals surface area contributed by atoms with Crippen LogP contribution >= 0.6 is 11.8 Å². The molecular formula is C32H43NO7S2. The van der Waals surface area contributed by atoms with Crippen LogP contribution in [-0.4, -0.2) is 42.7 Å². The van der Waals surface area contributed by atoms with E-state index in [4.69, 9.17) is 8.92 Å². The number of thioether (sulfide) groups is 1. The molecule has 10 heteroatoms. The summed E-state index contributed by atoms with van der Waals surface area (Å²) in [6, 6.07) is 10.5. The van der Waals surface area contributed by atoms with Gasteiger partial charge in [0.2, 0.25) is 0 Å². The first-order chi connectivity index (χ1) is 19.7. The molecule has 2 aromatic carbocycles. The summed E-state index contributed by atoms with van der Waals surface area (Å²) in [4.78, 5) is 28.2. The summed E-state index contributed by atoms with van der Waals surface area (Å²) >= 11 is 1.18. The van der Waals surface area contributed by atoms with Gasteiger partial charge in [0.05, 0.1) is 0 Å². The van der Waals surface area contributed by atoms with Gasteiger partial charge in [-0.15, -0.1) is 11.8 Å². The third-order valence-electron chi connectivity index (χ3n) is 8.26. The Bertz CT molecular complexity index is 1370. The molecule has 8 nitrogen and oxygen atoms in total. The Hall–Kier alpha value is -2.56. The fourth-order valence-corrected chi connectivity index (χ4v) is 8.21. The predicted octanol–water partition coefficient (Wildman–Crippen LogP) is 6.16. The molecule has 0 radical (unpaired) electrons. The van der Waals surface area contributed by atoms with E-state index in [0.29, 0.717) is 18.4 Å². The van der Waals surface area contributed by atoms with Gasteiger partial charge in [0.1, 0.15) is 17.1 Å². The van der Waals surface area contributed by atoms with Crippen molar-refractivity contribution >= 4 is 33.8 Å². The number of esters is 1. The van der Waals surface area contributed by atoms with Crippen LogP contribution in [0, 0.1) is 12.8 Å². The van der Waals surface area contributed by atoms with Crippen molar-refractivity contribution in [1.82, 2.24) is 4.72 Å². The van der Waals surface area contributed by atoms with E-state index in [2.05, 4.69) is 4.72 Å². The first kappa shape index (κ1) is 32.4. The molecule has 0 aromatic heterocycles. The molecule has 0 spiro atoms. The van der Waals surface area contributed by atoms with Crippen LogP contribution in [0.15, 0.2) is 41.3 Å². The van der Waals surface area contributed by atoms with Gasteiger partial charge in [-0.3, -0.25) is 9.59 Å². The maximum Gasteiger partial charge on any atom is 0.382 e. The second kappa shape index (κ2) is 13.0. The van der Waals surface area contributed by atoms with Crippen molar-refractivity contribution in [2.45, 2.75) is 107 Å². The zero-order valence-electron chi connectivity index (χ0n) is 25.2. The average Bonchev–Trinajstić information content (AvgIpc) is 2.91. The number of phenolic OH excluding ortho intramolecular Hbond substituents is 1. The SMILES string of the molecule is CCNS(=O)(=O)Oc1cc(C(C)(C)C)c(SC2C(=O)CC(CCc3ccc(O)cc3)(C3CCCCC3)OC2=O)cc1C. The third-order valence-corrected chi connectivity index (χ3v) is 10.6. The summed E-state index contributed by atoms with van der Waals surface area (Å²) < 4.78 is 38.6. The number of carbonyl (C=O) groups is 2. The lowest BCUT2D eigenvalue weighted by atomic mass is 9.70. The van der Waals surface area contributed by atoms with E-state index in [9.17, 15) is 23.1 Å². The van der Waals surface area contributed by atoms with Crippen LogP contribution in [0.2, 0.25) is 0 Å². The summed E-state index contributed by atoms with van der Waals surface area (Å²) in [6.45, 7) is 9.58. The van der Waals surface area contributed by atoms with Crippen LogP contribution in [0.1, 0.15) is 89.3 Å². The van der Waals surface area contributed by atoms with E-state index in [-0.39, 0.29) is 36.2 Å². The first-order valence-corrected chi connectivity index (χ1v) is 17.1. The summed E-state index contributed by atoms with van der Waals surface area (Å²) in [7, 11) is -3.98. The molecule has 1 heterocycles. The Morgan fingerprint density at radius 3 is 2.36 bits per heavy atom. The molecule has 0 amide bonds. The summed E-state index contributed by atoms with van der Waals surface area (Å²) in [5.74, 6) is -0.123. The van der Waals surface area contributed by atoms with Crippen molar-refractivity contribution < 1.29 is 32.0 Å². The van der Waals surface area contributed by atoms with Crippen LogP contribution in [-0.2, 0) is 36.5 Å². The Kier molecular flexibility index (Phi) is 10.00. The summed E-state index contributed by atoms with van der Waals surface area (Å²) in [5.41, 5.74) is 1.11. The van der Waals surface area contributed by atoms with E-state index in [1.165, 1.54) is 11.8 Å². The standard InChI is InChI=1S/C32H43NO7S2/c1-6-33-42(37,38)40-27-19-25(31(3,4)5)28(18-21(27)2)41-29-26(35)20-32(39-30(29)36,23-10-8-7-9-11-23)17-16-22-12-14-24(34)15-13-22/h12-15,18-19,23,29,33-34H,6-11,16-17,20H2,1-5H3. The van der Waals surface area contributed by atoms with Gasteiger partial charge in [0, 0.05) is 17.9 Å². The lowest BCUT2D eigenvalue weighted by Gasteiger charge is -2.45. The Labute approximate surface area is 254 Å². The zero-order chi connectivity index (χ0) is 30.7. The number of nitrogens with one attached hydrogen (secondary N) is 1. The first-order valence-electron chi connectivity index (χ1n) is 14.8. The van der Waals surface area contributed by atoms with E-state index in [1.54, 1.807) is 38.1 Å². The Morgan fingerprint density at radius 1 is 1.10 bits per heavy atom. The Balaban J connectivity index is 1.60. The smallest absolute Gasteiger partial charge is 0.382 e. The second-order valence-corrected chi connectivity index (χ2v) is 15.0. The van der Waals surface area contributed by atoms with Crippen LogP contribution in [0.5, 0.6) is 11.5 Å². The van der Waals surface area contributed by atoms with Crippen molar-refractivity contribution in [1.29, 1.82) is 0 Å². The molecular weight excluding hydrogens is 574 g/mol. The molecule has 2 atom stereocenters.